The number of hydrogen-bond donors (Lipinski definition) is 0. The third-order valence-corrected chi connectivity index (χ3v) is 29.7. The number of rotatable bonds is 11. The zero-order valence-corrected chi connectivity index (χ0v) is 81.4. The van der Waals surface area contributed by atoms with Crippen molar-refractivity contribution in [2.45, 2.75) is 300 Å². The number of fused-ring (bicyclic) bond motifs is 4. The Balaban J connectivity index is 0.000000346. The normalized spacial score (nSPS) is 35.2. The van der Waals surface area contributed by atoms with Gasteiger partial charge < -0.3 is 43.9 Å². The first-order valence-corrected chi connectivity index (χ1v) is 53.8. The zero-order valence-electron chi connectivity index (χ0n) is 73.5. The molecule has 12 rings (SSSR count). The molecule has 0 saturated heterocycles. The molecule has 602 valence electrons. The Morgan fingerprint density at radius 2 is 0.636 bits per heavy atom. The average molecular weight is 1710 g/mol. The Morgan fingerprint density at radius 3 is 0.944 bits per heavy atom. The summed E-state index contributed by atoms with van der Waals surface area (Å²) in [6.45, 7) is 56.7. The Bertz CT molecular complexity index is 3230. The van der Waals surface area contributed by atoms with Crippen LogP contribution in [0.1, 0.15) is 304 Å². The van der Waals surface area contributed by atoms with Gasteiger partial charge in [-0.2, -0.15) is 0 Å². The van der Waals surface area contributed by atoms with Crippen molar-refractivity contribution >= 4 is 34.1 Å². The molecular weight excluding hydrogens is 1550 g/mol. The number of benzene rings is 4. The predicted molar refractivity (Wildman–Crippen MR) is 462 cm³/mol. The minimum absolute atomic E-state index is 0. The van der Waals surface area contributed by atoms with Gasteiger partial charge in [0.2, 0.25) is 0 Å². The van der Waals surface area contributed by atoms with Crippen LogP contribution in [0.3, 0.4) is 0 Å². The molecule has 0 heterocycles. The molecule has 3 nitrogen and oxygen atoms in total. The summed E-state index contributed by atoms with van der Waals surface area (Å²) in [7, 11) is 25.7. The van der Waals surface area contributed by atoms with Crippen LogP contribution >= 0.6 is 34.1 Å². The molecular formula is C98H156Cl4O3Zr2. The second-order valence-electron chi connectivity index (χ2n) is 41.8. The summed E-state index contributed by atoms with van der Waals surface area (Å²) in [5.74, 6) is 16.7. The van der Waals surface area contributed by atoms with Gasteiger partial charge in [0.1, 0.15) is 0 Å². The fraction of sp³-hybridized carbons (Fsp3) is 0.714. The number of hydrogen-bond acceptors (Lipinski definition) is 3. The quantitative estimate of drug-likeness (QED) is 0.140. The standard InChI is InChI=1S/C47H72O2.C47H72O.4CH3.4ClH.2Zr/c1-28-21-39-37(27-40(47(9,10)11)44(49-13)42(39)30-17-15-14-16-18-30)35(28)26-36-29(2)22-38-34(19-20-41(48-12)43(36)38)31-23-32(45(3,4)5)25-33(24-31)46(6,7)8;1-28-19-20-35(32-23-33(45(4,5)6)25-34(24-32)46(7,8)9)39-22-30(3)37(42(28)39)26-36-29(2)21-40-38(36)27-41(47(10,11)12)44(48-13)43(40)31-17-15-14-16-18-31;;;;;;;;;;/h14-18,23-25,28-29,34-44H,19-22,26-27H2,1-13H3;14-18,23-25,28-30,35-44H,19-22,26-27H2,1-13H3;4*1H3;4*1H;;/q;;4*-1;;;;;2*+4/p-4. The van der Waals surface area contributed by atoms with Gasteiger partial charge in [0.05, 0.1) is 18.3 Å². The molecule has 0 aromatic heterocycles. The van der Waals surface area contributed by atoms with Crippen LogP contribution in [0.25, 0.3) is 0 Å². The van der Waals surface area contributed by atoms with Gasteiger partial charge in [-0.3, -0.25) is 0 Å². The maximum absolute atomic E-state index is 6.52. The summed E-state index contributed by atoms with van der Waals surface area (Å²) in [6.07, 6.45) is 17.1. The maximum atomic E-state index is 6.52. The van der Waals surface area contributed by atoms with Gasteiger partial charge in [-0.15, -0.1) is 0 Å². The van der Waals surface area contributed by atoms with Crippen molar-refractivity contribution in [3.63, 3.8) is 0 Å². The van der Waals surface area contributed by atoms with Crippen LogP contribution in [0, 0.1) is 153 Å². The van der Waals surface area contributed by atoms with E-state index in [2.05, 4.69) is 256 Å². The molecule has 0 spiro atoms. The van der Waals surface area contributed by atoms with Crippen LogP contribution < -0.4 is 0 Å². The van der Waals surface area contributed by atoms with Crippen LogP contribution in [0.2, 0.25) is 0 Å². The molecule has 9 heteroatoms. The molecule has 8 aliphatic rings. The Hall–Kier alpha value is -0.314. The van der Waals surface area contributed by atoms with Crippen molar-refractivity contribution in [3.8, 4) is 0 Å². The summed E-state index contributed by atoms with van der Waals surface area (Å²) in [4.78, 5) is 0. The van der Waals surface area contributed by atoms with Crippen LogP contribution in [-0.2, 0) is 77.6 Å². The van der Waals surface area contributed by atoms with E-state index in [1.165, 1.54) is 110 Å². The van der Waals surface area contributed by atoms with E-state index in [4.69, 9.17) is 48.3 Å². The van der Waals surface area contributed by atoms with Gasteiger partial charge in [-0.1, -0.05) is 256 Å². The van der Waals surface area contributed by atoms with Gasteiger partial charge in [0.25, 0.3) is 0 Å². The molecule has 26 atom stereocenters. The number of methoxy groups -OCH3 is 3. The average Bonchev–Trinajstić information content (AvgIpc) is 1.62. The SMILES string of the molecule is COC1C(c2ccccc2)C2CC(C)C(CC3C(C)CC4C(c5cc(C(C)(C)C)cc(C(C)(C)C)c5)CCC(C)C34)C2CC1C(C)(C)C.COC1CCC(c2cc(C(C)(C)C)cc(C(C)(C)C)c2)C2CC(C)C(CC3C(C)CC4C3CC(C(C)(C)C)C(OC)C4c3ccccc3)C12.[CH3-].[CH3-].[CH3-].[CH3-].[Cl][Zr+2][Cl].[Cl][Zr+2][Cl]. The second-order valence-corrected chi connectivity index (χ2v) is 49.2. The summed E-state index contributed by atoms with van der Waals surface area (Å²) in [5, 5.41) is 0. The molecule has 8 aliphatic carbocycles. The minimum atomic E-state index is -0.826. The van der Waals surface area contributed by atoms with Crippen LogP contribution in [0.4, 0.5) is 0 Å². The van der Waals surface area contributed by atoms with Crippen molar-refractivity contribution in [1.82, 2.24) is 0 Å². The molecule has 0 radical (unpaired) electrons. The topological polar surface area (TPSA) is 27.7 Å². The van der Waals surface area contributed by atoms with Gasteiger partial charge >= 0.3 is 75.7 Å². The van der Waals surface area contributed by atoms with E-state index in [1.54, 1.807) is 11.1 Å². The van der Waals surface area contributed by atoms with E-state index >= 15 is 0 Å². The number of halogens is 4. The van der Waals surface area contributed by atoms with Crippen molar-refractivity contribution in [3.05, 3.63) is 171 Å². The Morgan fingerprint density at radius 1 is 0.336 bits per heavy atom. The van der Waals surface area contributed by atoms with E-state index in [1.807, 2.05) is 21.3 Å². The fourth-order valence-electron chi connectivity index (χ4n) is 24.5. The first-order chi connectivity index (χ1) is 48.2. The molecule has 4 aromatic rings. The van der Waals surface area contributed by atoms with Gasteiger partial charge in [-0.05, 0) is 278 Å². The van der Waals surface area contributed by atoms with Crippen molar-refractivity contribution < 1.29 is 55.9 Å². The molecule has 0 bridgehead atoms. The molecule has 0 aliphatic heterocycles. The van der Waals surface area contributed by atoms with Gasteiger partial charge in [0, 0.05) is 33.2 Å². The van der Waals surface area contributed by atoms with Gasteiger partial charge in [-0.25, -0.2) is 0 Å². The molecule has 4 aromatic carbocycles. The third kappa shape index (κ3) is 21.9. The zero-order chi connectivity index (χ0) is 76.0. The van der Waals surface area contributed by atoms with E-state index < -0.39 is 41.7 Å². The van der Waals surface area contributed by atoms with Crippen molar-refractivity contribution in [2.24, 2.45) is 123 Å². The fourth-order valence-corrected chi connectivity index (χ4v) is 24.5. The first kappa shape index (κ1) is 97.3. The van der Waals surface area contributed by atoms with E-state index in [9.17, 15) is 0 Å². The first-order valence-electron chi connectivity index (χ1n) is 41.1. The number of ether oxygens (including phenoxy) is 3. The van der Waals surface area contributed by atoms with E-state index in [-0.39, 0.29) is 68.3 Å². The Kier molecular flexibility index (Phi) is 36.1. The molecule has 0 N–H and O–H groups in total. The summed E-state index contributed by atoms with van der Waals surface area (Å²) < 4.78 is 19.5. The molecule has 0 amide bonds. The summed E-state index contributed by atoms with van der Waals surface area (Å²) in [5.41, 5.74) is 13.4. The van der Waals surface area contributed by atoms with E-state index in [0.29, 0.717) is 65.5 Å². The van der Waals surface area contributed by atoms with Crippen molar-refractivity contribution in [1.29, 1.82) is 0 Å². The van der Waals surface area contributed by atoms with Crippen LogP contribution in [-0.4, -0.2) is 39.6 Å². The monoisotopic (exact) mass is 1700 g/mol. The van der Waals surface area contributed by atoms with Crippen LogP contribution in [0.15, 0.2) is 97.1 Å². The molecule has 8 saturated carbocycles. The van der Waals surface area contributed by atoms with Gasteiger partial charge in [0.15, 0.2) is 0 Å². The molecule has 26 unspecified atom stereocenters. The molecule has 107 heavy (non-hydrogen) atoms. The third-order valence-electron chi connectivity index (χ3n) is 29.7. The summed E-state index contributed by atoms with van der Waals surface area (Å²) >= 11 is -1.65. The van der Waals surface area contributed by atoms with E-state index in [0.717, 1.165) is 82.9 Å². The predicted octanol–water partition coefficient (Wildman–Crippen LogP) is 29.6. The van der Waals surface area contributed by atoms with Crippen molar-refractivity contribution in [2.75, 3.05) is 21.3 Å². The second kappa shape index (κ2) is 39.8. The molecule has 8 fully saturated rings. The van der Waals surface area contributed by atoms with Crippen LogP contribution in [0.5, 0.6) is 0 Å². The summed E-state index contributed by atoms with van der Waals surface area (Å²) in [6, 6.07) is 38.5. The Labute approximate surface area is 699 Å².